The van der Waals surface area contributed by atoms with Gasteiger partial charge in [-0.15, -0.1) is 0 Å². The zero-order valence-corrected chi connectivity index (χ0v) is 11.6. The molecule has 1 amide bonds. The van der Waals surface area contributed by atoms with Crippen LogP contribution in [0.15, 0.2) is 42.5 Å². The normalized spacial score (nSPS) is 10.1. The van der Waals surface area contributed by atoms with E-state index in [-0.39, 0.29) is 34.4 Å². The smallest absolute Gasteiger partial charge is 0.337 e. The molecule has 0 radical (unpaired) electrons. The summed E-state index contributed by atoms with van der Waals surface area (Å²) in [6.07, 6.45) is 0.0239. The van der Waals surface area contributed by atoms with Gasteiger partial charge in [-0.3, -0.25) is 4.79 Å². The van der Waals surface area contributed by atoms with Gasteiger partial charge >= 0.3 is 5.97 Å². The first-order valence-electron chi connectivity index (χ1n) is 6.06. The van der Waals surface area contributed by atoms with Crippen molar-refractivity contribution in [2.24, 2.45) is 0 Å². The number of phenols is 1. The molecule has 0 saturated heterocycles. The van der Waals surface area contributed by atoms with Crippen LogP contribution < -0.4 is 5.32 Å². The summed E-state index contributed by atoms with van der Waals surface area (Å²) in [7, 11) is 0. The van der Waals surface area contributed by atoms with Gasteiger partial charge in [0.15, 0.2) is 0 Å². The fourth-order valence-corrected chi connectivity index (χ4v) is 2.02. The van der Waals surface area contributed by atoms with Gasteiger partial charge in [0.05, 0.1) is 17.7 Å². The highest BCUT2D eigenvalue weighted by atomic mass is 35.5. The number of phenolic OH excluding ortho intramolecular Hbond substituents is 1. The molecule has 0 unspecified atom stereocenters. The predicted octanol–water partition coefficient (Wildman–Crippen LogP) is 2.93. The van der Waals surface area contributed by atoms with Gasteiger partial charge in [0.2, 0.25) is 5.91 Å². The minimum atomic E-state index is -1.18. The third-order valence-corrected chi connectivity index (χ3v) is 3.00. The molecule has 0 bridgehead atoms. The zero-order valence-electron chi connectivity index (χ0n) is 10.8. The molecule has 21 heavy (non-hydrogen) atoms. The molecule has 6 heteroatoms. The van der Waals surface area contributed by atoms with E-state index in [4.69, 9.17) is 16.7 Å². The first kappa shape index (κ1) is 14.9. The highest BCUT2D eigenvalue weighted by Gasteiger charge is 2.13. The molecule has 3 N–H and O–H groups in total. The first-order chi connectivity index (χ1) is 9.95. The second-order valence-electron chi connectivity index (χ2n) is 4.39. The van der Waals surface area contributed by atoms with Crippen LogP contribution in [0.3, 0.4) is 0 Å². The monoisotopic (exact) mass is 305 g/mol. The largest absolute Gasteiger partial charge is 0.508 e. The van der Waals surface area contributed by atoms with Crippen molar-refractivity contribution in [1.82, 2.24) is 0 Å². The van der Waals surface area contributed by atoms with Crippen molar-refractivity contribution in [3.05, 3.63) is 58.6 Å². The van der Waals surface area contributed by atoms with E-state index in [0.29, 0.717) is 5.56 Å². The molecule has 0 aliphatic heterocycles. The molecule has 5 nitrogen and oxygen atoms in total. The Morgan fingerprint density at radius 2 is 1.90 bits per heavy atom. The van der Waals surface area contributed by atoms with Gasteiger partial charge in [-0.25, -0.2) is 4.79 Å². The lowest BCUT2D eigenvalue weighted by Crippen LogP contribution is -2.16. The molecule has 0 aromatic heterocycles. The van der Waals surface area contributed by atoms with E-state index in [9.17, 15) is 14.7 Å². The van der Waals surface area contributed by atoms with Crippen LogP contribution in [-0.2, 0) is 11.2 Å². The van der Waals surface area contributed by atoms with Crippen LogP contribution in [0.25, 0.3) is 0 Å². The summed E-state index contributed by atoms with van der Waals surface area (Å²) in [5, 5.41) is 21.2. The summed E-state index contributed by atoms with van der Waals surface area (Å²) in [6.45, 7) is 0. The van der Waals surface area contributed by atoms with Crippen molar-refractivity contribution in [2.75, 3.05) is 5.32 Å². The molecule has 108 valence electrons. The van der Waals surface area contributed by atoms with Gasteiger partial charge in [0.25, 0.3) is 0 Å². The number of carbonyl (C=O) groups excluding carboxylic acids is 1. The molecule has 2 aromatic rings. The van der Waals surface area contributed by atoms with E-state index in [0.717, 1.165) is 0 Å². The van der Waals surface area contributed by atoms with Crippen molar-refractivity contribution in [2.45, 2.75) is 6.42 Å². The topological polar surface area (TPSA) is 86.6 Å². The number of hydrogen-bond acceptors (Lipinski definition) is 3. The Morgan fingerprint density at radius 1 is 1.14 bits per heavy atom. The lowest BCUT2D eigenvalue weighted by Gasteiger charge is -2.09. The van der Waals surface area contributed by atoms with Crippen LogP contribution in [0.5, 0.6) is 5.75 Å². The van der Waals surface area contributed by atoms with Crippen LogP contribution in [0.1, 0.15) is 15.9 Å². The van der Waals surface area contributed by atoms with Crippen molar-refractivity contribution >= 4 is 29.2 Å². The Balaban J connectivity index is 2.15. The number of carboxylic acid groups (broad SMARTS) is 1. The maximum Gasteiger partial charge on any atom is 0.337 e. The minimum absolute atomic E-state index is 0.0239. The van der Waals surface area contributed by atoms with Crippen molar-refractivity contribution in [3.63, 3.8) is 0 Å². The first-order valence-corrected chi connectivity index (χ1v) is 6.44. The molecule has 2 aromatic carbocycles. The molecule has 2 rings (SSSR count). The average Bonchev–Trinajstić information content (AvgIpc) is 2.40. The number of hydrogen-bond donors (Lipinski definition) is 3. The summed E-state index contributed by atoms with van der Waals surface area (Å²) in [6, 6.07) is 10.5. The molecular formula is C15H12ClNO4. The van der Waals surface area contributed by atoms with Crippen LogP contribution >= 0.6 is 11.6 Å². The maximum atomic E-state index is 11.9. The van der Waals surface area contributed by atoms with Crippen LogP contribution in [0.4, 0.5) is 5.69 Å². The lowest BCUT2D eigenvalue weighted by molar-refractivity contribution is -0.115. The number of benzene rings is 2. The number of rotatable bonds is 4. The van der Waals surface area contributed by atoms with E-state index in [1.165, 1.54) is 30.3 Å². The van der Waals surface area contributed by atoms with Crippen molar-refractivity contribution in [1.29, 1.82) is 0 Å². The Labute approximate surface area is 125 Å². The second kappa shape index (κ2) is 6.28. The van der Waals surface area contributed by atoms with E-state index in [1.807, 2.05) is 0 Å². The van der Waals surface area contributed by atoms with E-state index < -0.39 is 5.97 Å². The number of aromatic hydroxyl groups is 1. The van der Waals surface area contributed by atoms with Crippen molar-refractivity contribution in [3.8, 4) is 5.75 Å². The van der Waals surface area contributed by atoms with Gasteiger partial charge < -0.3 is 15.5 Å². The van der Waals surface area contributed by atoms with Gasteiger partial charge in [-0.2, -0.15) is 0 Å². The van der Waals surface area contributed by atoms with E-state index in [1.54, 1.807) is 12.1 Å². The fraction of sp³-hybridized carbons (Fsp3) is 0.0667. The van der Waals surface area contributed by atoms with Crippen LogP contribution in [-0.4, -0.2) is 22.1 Å². The Morgan fingerprint density at radius 3 is 2.57 bits per heavy atom. The van der Waals surface area contributed by atoms with Gasteiger partial charge in [0.1, 0.15) is 5.75 Å². The number of carboxylic acids is 1. The van der Waals surface area contributed by atoms with Crippen LogP contribution in [0.2, 0.25) is 5.02 Å². The molecule has 0 aliphatic rings. The molecule has 0 atom stereocenters. The summed E-state index contributed by atoms with van der Waals surface area (Å²) in [5.41, 5.74) is 0.724. The molecule has 0 aliphatic carbocycles. The third-order valence-electron chi connectivity index (χ3n) is 2.76. The average molecular weight is 306 g/mol. The molecule has 0 saturated carbocycles. The van der Waals surface area contributed by atoms with Crippen LogP contribution in [0, 0.1) is 0 Å². The second-order valence-corrected chi connectivity index (χ2v) is 4.83. The SMILES string of the molecule is O=C(Cc1cccc(O)c1)Nc1ccc(Cl)cc1C(=O)O. The fourth-order valence-electron chi connectivity index (χ4n) is 1.85. The highest BCUT2D eigenvalue weighted by Crippen LogP contribution is 2.21. The number of amides is 1. The van der Waals surface area contributed by atoms with E-state index >= 15 is 0 Å². The Kier molecular flexibility index (Phi) is 4.45. The standard InChI is InChI=1S/C15H12ClNO4/c16-10-4-5-13(12(8-10)15(20)21)17-14(19)7-9-2-1-3-11(18)6-9/h1-6,8,18H,7H2,(H,17,19)(H,20,21). The van der Waals surface area contributed by atoms with Gasteiger partial charge in [-0.05, 0) is 35.9 Å². The number of anilines is 1. The Hall–Kier alpha value is -2.53. The lowest BCUT2D eigenvalue weighted by atomic mass is 10.1. The summed E-state index contributed by atoms with van der Waals surface area (Å²) in [4.78, 5) is 23.0. The third kappa shape index (κ3) is 3.97. The molecule has 0 spiro atoms. The number of nitrogens with one attached hydrogen (secondary N) is 1. The van der Waals surface area contributed by atoms with Gasteiger partial charge in [-0.1, -0.05) is 23.7 Å². The van der Waals surface area contributed by atoms with Gasteiger partial charge in [0, 0.05) is 5.02 Å². The molecule has 0 fully saturated rings. The summed E-state index contributed by atoms with van der Waals surface area (Å²) >= 11 is 5.74. The molecular weight excluding hydrogens is 294 g/mol. The zero-order chi connectivity index (χ0) is 15.4. The Bertz CT molecular complexity index is 700. The summed E-state index contributed by atoms with van der Waals surface area (Å²) in [5.74, 6) is -1.49. The maximum absolute atomic E-state index is 11.9. The quantitative estimate of drug-likeness (QED) is 0.810. The summed E-state index contributed by atoms with van der Waals surface area (Å²) < 4.78 is 0. The highest BCUT2D eigenvalue weighted by molar-refractivity contribution is 6.31. The van der Waals surface area contributed by atoms with E-state index in [2.05, 4.69) is 5.32 Å². The van der Waals surface area contributed by atoms with Crippen molar-refractivity contribution < 1.29 is 19.8 Å². The number of halogens is 1. The minimum Gasteiger partial charge on any atom is -0.508 e. The number of aromatic carboxylic acids is 1. The predicted molar refractivity (Wildman–Crippen MR) is 78.9 cm³/mol. The molecule has 0 heterocycles. The number of carbonyl (C=O) groups is 2.